The normalized spacial score (nSPS) is 13.3. The van der Waals surface area contributed by atoms with E-state index >= 15 is 0 Å². The van der Waals surface area contributed by atoms with Gasteiger partial charge in [0.25, 0.3) is 0 Å². The maximum absolute atomic E-state index is 10.3. The largest absolute Gasteiger partial charge is 0.388 e. The molecule has 0 fully saturated rings. The highest BCUT2D eigenvalue weighted by molar-refractivity contribution is 6.30. The lowest BCUT2D eigenvalue weighted by atomic mass is 9.98. The van der Waals surface area contributed by atoms with Crippen LogP contribution >= 0.6 is 11.6 Å². The van der Waals surface area contributed by atoms with Gasteiger partial charge in [0.15, 0.2) is 0 Å². The van der Waals surface area contributed by atoms with Gasteiger partial charge in [0, 0.05) is 12.6 Å². The molecule has 0 saturated carbocycles. The number of unbranched alkanes of at least 4 members (excludes halogenated alkanes) is 3. The van der Waals surface area contributed by atoms with Crippen molar-refractivity contribution >= 4 is 11.6 Å². The van der Waals surface area contributed by atoms with Gasteiger partial charge in [0.1, 0.15) is 5.15 Å². The summed E-state index contributed by atoms with van der Waals surface area (Å²) in [6.07, 6.45) is 4.93. The minimum absolute atomic E-state index is 0.281. The molecule has 18 heavy (non-hydrogen) atoms. The van der Waals surface area contributed by atoms with E-state index in [2.05, 4.69) is 25.9 Å². The Morgan fingerprint density at radius 3 is 2.50 bits per heavy atom. The van der Waals surface area contributed by atoms with Gasteiger partial charge in [0.05, 0.1) is 11.8 Å². The molecule has 4 heteroatoms. The Hall–Kier alpha value is -0.540. The van der Waals surface area contributed by atoms with E-state index in [1.807, 2.05) is 7.05 Å². The number of aryl methyl sites for hydroxylation is 1. The summed E-state index contributed by atoms with van der Waals surface area (Å²) in [4.78, 5) is 0. The van der Waals surface area contributed by atoms with Gasteiger partial charge in [-0.3, -0.25) is 4.68 Å². The van der Waals surface area contributed by atoms with Crippen LogP contribution in [-0.4, -0.2) is 14.9 Å². The first-order valence-corrected chi connectivity index (χ1v) is 7.27. The molecule has 1 aromatic heterocycles. The molecule has 0 aliphatic rings. The molecule has 0 aliphatic heterocycles. The van der Waals surface area contributed by atoms with Gasteiger partial charge in [0.2, 0.25) is 0 Å². The van der Waals surface area contributed by atoms with Crippen molar-refractivity contribution < 1.29 is 5.11 Å². The van der Waals surface area contributed by atoms with Crippen LogP contribution in [0.2, 0.25) is 5.15 Å². The molecule has 1 unspecified atom stereocenters. The zero-order valence-electron chi connectivity index (χ0n) is 11.9. The Kier molecular flexibility index (Phi) is 6.16. The minimum Gasteiger partial charge on any atom is -0.388 e. The maximum Gasteiger partial charge on any atom is 0.132 e. The molecule has 1 heterocycles. The summed E-state index contributed by atoms with van der Waals surface area (Å²) in [5.41, 5.74) is 1.75. The number of halogens is 1. The lowest BCUT2D eigenvalue weighted by molar-refractivity contribution is 0.162. The smallest absolute Gasteiger partial charge is 0.132 e. The number of hydrogen-bond acceptors (Lipinski definition) is 2. The Balaban J connectivity index is 2.74. The van der Waals surface area contributed by atoms with Crippen molar-refractivity contribution in [1.29, 1.82) is 0 Å². The van der Waals surface area contributed by atoms with E-state index in [0.29, 0.717) is 5.15 Å². The molecule has 0 bridgehead atoms. The SMILES string of the molecule is CCCCCCC(O)c1c(C(C)C)nn(C)c1Cl. The quantitative estimate of drug-likeness (QED) is 0.756. The van der Waals surface area contributed by atoms with Gasteiger partial charge < -0.3 is 5.11 Å². The van der Waals surface area contributed by atoms with E-state index in [9.17, 15) is 5.11 Å². The van der Waals surface area contributed by atoms with Gasteiger partial charge in [-0.25, -0.2) is 0 Å². The highest BCUT2D eigenvalue weighted by Crippen LogP contribution is 2.33. The number of nitrogens with zero attached hydrogens (tertiary/aromatic N) is 2. The first-order valence-electron chi connectivity index (χ1n) is 6.89. The van der Waals surface area contributed by atoms with Gasteiger partial charge in [-0.15, -0.1) is 0 Å². The van der Waals surface area contributed by atoms with Crippen LogP contribution in [0.1, 0.15) is 76.2 Å². The second kappa shape index (κ2) is 7.15. The van der Waals surface area contributed by atoms with Crippen molar-refractivity contribution in [1.82, 2.24) is 9.78 Å². The van der Waals surface area contributed by atoms with Crippen molar-refractivity contribution in [3.05, 3.63) is 16.4 Å². The molecule has 3 nitrogen and oxygen atoms in total. The van der Waals surface area contributed by atoms with Crippen LogP contribution in [-0.2, 0) is 7.05 Å². The predicted octanol–water partition coefficient (Wildman–Crippen LogP) is 4.20. The first-order chi connectivity index (χ1) is 8.49. The van der Waals surface area contributed by atoms with E-state index in [4.69, 9.17) is 11.6 Å². The molecule has 0 amide bonds. The second-order valence-corrected chi connectivity index (χ2v) is 5.59. The van der Waals surface area contributed by atoms with Crippen LogP contribution in [0.3, 0.4) is 0 Å². The standard InChI is InChI=1S/C14H25ClN2O/c1-5-6-7-8-9-11(18)12-13(10(2)3)16-17(4)14(12)15/h10-11,18H,5-9H2,1-4H3. The molecule has 1 atom stereocenters. The summed E-state index contributed by atoms with van der Waals surface area (Å²) >= 11 is 6.23. The van der Waals surface area contributed by atoms with Gasteiger partial charge in [-0.05, 0) is 12.3 Å². The third-order valence-corrected chi connectivity index (χ3v) is 3.70. The van der Waals surface area contributed by atoms with Crippen LogP contribution in [0.4, 0.5) is 0 Å². The number of aromatic nitrogens is 2. The fraction of sp³-hybridized carbons (Fsp3) is 0.786. The number of rotatable bonds is 7. The van der Waals surface area contributed by atoms with Crippen LogP contribution < -0.4 is 0 Å². The zero-order chi connectivity index (χ0) is 13.7. The molecule has 1 aromatic rings. The Morgan fingerprint density at radius 1 is 1.28 bits per heavy atom. The minimum atomic E-state index is -0.486. The van der Waals surface area contributed by atoms with E-state index in [0.717, 1.165) is 24.1 Å². The summed E-state index contributed by atoms with van der Waals surface area (Å²) in [5.74, 6) is 0.281. The average molecular weight is 273 g/mol. The maximum atomic E-state index is 10.3. The summed E-state index contributed by atoms with van der Waals surface area (Å²) in [6.45, 7) is 6.34. The summed E-state index contributed by atoms with van der Waals surface area (Å²) in [7, 11) is 1.82. The summed E-state index contributed by atoms with van der Waals surface area (Å²) < 4.78 is 1.65. The molecule has 104 valence electrons. The van der Waals surface area contributed by atoms with E-state index in [1.165, 1.54) is 19.3 Å². The molecule has 0 spiro atoms. The first kappa shape index (κ1) is 15.5. The van der Waals surface area contributed by atoms with Crippen LogP contribution in [0.5, 0.6) is 0 Å². The topological polar surface area (TPSA) is 38.1 Å². The lowest BCUT2D eigenvalue weighted by Gasteiger charge is -2.13. The molecule has 1 N–H and O–H groups in total. The second-order valence-electron chi connectivity index (χ2n) is 5.23. The van der Waals surface area contributed by atoms with Crippen molar-refractivity contribution in [3.8, 4) is 0 Å². The Bertz CT molecular complexity index is 374. The molecule has 0 aliphatic carbocycles. The molecule has 0 aromatic carbocycles. The molecular weight excluding hydrogens is 248 g/mol. The van der Waals surface area contributed by atoms with Gasteiger partial charge in [-0.2, -0.15) is 5.10 Å². The van der Waals surface area contributed by atoms with E-state index in [1.54, 1.807) is 4.68 Å². The van der Waals surface area contributed by atoms with Gasteiger partial charge >= 0.3 is 0 Å². The fourth-order valence-corrected chi connectivity index (χ4v) is 2.44. The Morgan fingerprint density at radius 2 is 1.94 bits per heavy atom. The van der Waals surface area contributed by atoms with E-state index < -0.39 is 6.10 Å². The van der Waals surface area contributed by atoms with Crippen LogP contribution in [0.25, 0.3) is 0 Å². The fourth-order valence-electron chi connectivity index (χ4n) is 2.18. The van der Waals surface area contributed by atoms with Crippen molar-refractivity contribution in [2.75, 3.05) is 0 Å². The average Bonchev–Trinajstić information content (AvgIpc) is 2.62. The highest BCUT2D eigenvalue weighted by atomic mass is 35.5. The number of hydrogen-bond donors (Lipinski definition) is 1. The highest BCUT2D eigenvalue weighted by Gasteiger charge is 2.22. The van der Waals surface area contributed by atoms with E-state index in [-0.39, 0.29) is 5.92 Å². The lowest BCUT2D eigenvalue weighted by Crippen LogP contribution is -2.02. The van der Waals surface area contributed by atoms with Crippen molar-refractivity contribution in [2.45, 2.75) is 64.9 Å². The van der Waals surface area contributed by atoms with Gasteiger partial charge in [-0.1, -0.05) is 58.1 Å². The Labute approximate surface area is 115 Å². The summed E-state index contributed by atoms with van der Waals surface area (Å²) in [5, 5.41) is 15.3. The van der Waals surface area contributed by atoms with Crippen LogP contribution in [0, 0.1) is 0 Å². The molecular formula is C14H25ClN2O. The third-order valence-electron chi connectivity index (χ3n) is 3.25. The summed E-state index contributed by atoms with van der Waals surface area (Å²) in [6, 6.07) is 0. The van der Waals surface area contributed by atoms with Crippen molar-refractivity contribution in [3.63, 3.8) is 0 Å². The molecule has 0 saturated heterocycles. The number of aliphatic hydroxyl groups excluding tert-OH is 1. The molecule has 1 rings (SSSR count). The predicted molar refractivity (Wildman–Crippen MR) is 76.0 cm³/mol. The van der Waals surface area contributed by atoms with Crippen molar-refractivity contribution in [2.24, 2.45) is 7.05 Å². The molecule has 0 radical (unpaired) electrons. The zero-order valence-corrected chi connectivity index (χ0v) is 12.7. The van der Waals surface area contributed by atoms with Crippen LogP contribution in [0.15, 0.2) is 0 Å². The third kappa shape index (κ3) is 3.72. The monoisotopic (exact) mass is 272 g/mol. The number of aliphatic hydroxyl groups is 1.